The molecule has 0 N–H and O–H groups in total. The zero-order valence-electron chi connectivity index (χ0n) is 8.44. The van der Waals surface area contributed by atoms with Crippen LogP contribution in [0.5, 0.6) is 0 Å². The van der Waals surface area contributed by atoms with Gasteiger partial charge >= 0.3 is 12.1 Å². The van der Waals surface area contributed by atoms with Crippen LogP contribution >= 0.6 is 0 Å². The Morgan fingerprint density at radius 2 is 1.46 bits per heavy atom. The maximum absolute atomic E-state index is 11.5. The van der Waals surface area contributed by atoms with Crippen LogP contribution in [0.2, 0.25) is 0 Å². The third kappa shape index (κ3) is 1.34. The van der Waals surface area contributed by atoms with Gasteiger partial charge in [0.25, 0.3) is 0 Å². The molecule has 1 heterocycles. The molecule has 4 amide bonds. The molecule has 1 rings (SSSR count). The molecule has 0 aliphatic carbocycles. The molecule has 1 saturated heterocycles. The van der Waals surface area contributed by atoms with E-state index < -0.39 is 0 Å². The first kappa shape index (κ1) is 9.83. The van der Waals surface area contributed by atoms with Gasteiger partial charge < -0.3 is 9.80 Å². The van der Waals surface area contributed by atoms with Gasteiger partial charge in [-0.1, -0.05) is 6.92 Å². The topological polar surface area (TPSA) is 43.9 Å². The number of nitrogens with zero attached hydrogens (tertiary/aromatic N) is 3. The summed E-state index contributed by atoms with van der Waals surface area (Å²) in [5, 5.41) is 0. The van der Waals surface area contributed by atoms with E-state index in [2.05, 4.69) is 0 Å². The molecular formula is C8H15N3O2. The first-order valence-corrected chi connectivity index (χ1v) is 4.28. The standard InChI is InChI=1S/C8H15N3O2/c1-5-6-9(2)7(12)11(4)8(13)10(6)3/h6H,5H2,1-4H3. The van der Waals surface area contributed by atoms with Crippen LogP contribution < -0.4 is 0 Å². The van der Waals surface area contributed by atoms with Crippen LogP contribution in [-0.4, -0.2) is 54.1 Å². The van der Waals surface area contributed by atoms with Crippen LogP contribution in [0.25, 0.3) is 0 Å². The van der Waals surface area contributed by atoms with Gasteiger partial charge in [-0.25, -0.2) is 14.5 Å². The molecule has 5 heteroatoms. The quantitative estimate of drug-likeness (QED) is 0.605. The van der Waals surface area contributed by atoms with Gasteiger partial charge in [-0.3, -0.25) is 0 Å². The molecule has 0 saturated carbocycles. The third-order valence-corrected chi connectivity index (χ3v) is 2.44. The largest absolute Gasteiger partial charge is 0.329 e. The lowest BCUT2D eigenvalue weighted by molar-refractivity contribution is 0.0590. The molecule has 0 aromatic heterocycles. The van der Waals surface area contributed by atoms with E-state index in [1.165, 1.54) is 7.05 Å². The molecule has 0 radical (unpaired) electrons. The lowest BCUT2D eigenvalue weighted by Crippen LogP contribution is -2.62. The average molecular weight is 185 g/mol. The van der Waals surface area contributed by atoms with Gasteiger partial charge in [-0.15, -0.1) is 0 Å². The van der Waals surface area contributed by atoms with Crippen LogP contribution in [0, 0.1) is 0 Å². The van der Waals surface area contributed by atoms with Gasteiger partial charge in [0.05, 0.1) is 0 Å². The summed E-state index contributed by atoms with van der Waals surface area (Å²) in [5.74, 6) is 0. The van der Waals surface area contributed by atoms with Crippen LogP contribution in [0.4, 0.5) is 9.59 Å². The highest BCUT2D eigenvalue weighted by Gasteiger charge is 2.36. The first-order chi connectivity index (χ1) is 6.00. The van der Waals surface area contributed by atoms with Crippen molar-refractivity contribution in [1.29, 1.82) is 0 Å². The van der Waals surface area contributed by atoms with Crippen LogP contribution in [0.1, 0.15) is 13.3 Å². The van der Waals surface area contributed by atoms with Gasteiger partial charge in [0, 0.05) is 21.1 Å². The minimum Gasteiger partial charge on any atom is -0.307 e. The summed E-state index contributed by atoms with van der Waals surface area (Å²) in [5.41, 5.74) is 0. The van der Waals surface area contributed by atoms with Crippen molar-refractivity contribution in [3.63, 3.8) is 0 Å². The number of carbonyl (C=O) groups excluding carboxylic acids is 2. The van der Waals surface area contributed by atoms with E-state index >= 15 is 0 Å². The first-order valence-electron chi connectivity index (χ1n) is 4.28. The molecular weight excluding hydrogens is 170 g/mol. The number of rotatable bonds is 1. The summed E-state index contributed by atoms with van der Waals surface area (Å²) >= 11 is 0. The summed E-state index contributed by atoms with van der Waals surface area (Å²) in [4.78, 5) is 27.2. The van der Waals surface area contributed by atoms with E-state index in [1.807, 2.05) is 6.92 Å². The molecule has 13 heavy (non-hydrogen) atoms. The van der Waals surface area contributed by atoms with Crippen molar-refractivity contribution in [2.45, 2.75) is 19.5 Å². The zero-order valence-corrected chi connectivity index (χ0v) is 8.44. The highest BCUT2D eigenvalue weighted by molar-refractivity contribution is 5.95. The minimum atomic E-state index is -0.241. The van der Waals surface area contributed by atoms with E-state index in [9.17, 15) is 9.59 Å². The van der Waals surface area contributed by atoms with Crippen molar-refractivity contribution in [3.8, 4) is 0 Å². The van der Waals surface area contributed by atoms with E-state index in [4.69, 9.17) is 0 Å². The minimum absolute atomic E-state index is 0.115. The Labute approximate surface area is 77.9 Å². The van der Waals surface area contributed by atoms with Crippen molar-refractivity contribution in [2.24, 2.45) is 0 Å². The Morgan fingerprint density at radius 1 is 1.08 bits per heavy atom. The number of imide groups is 1. The van der Waals surface area contributed by atoms with Crippen molar-refractivity contribution in [2.75, 3.05) is 21.1 Å². The molecule has 0 aromatic rings. The van der Waals surface area contributed by atoms with E-state index in [0.717, 1.165) is 11.3 Å². The number of urea groups is 2. The Kier molecular flexibility index (Phi) is 2.45. The number of hydrogen-bond donors (Lipinski definition) is 0. The van der Waals surface area contributed by atoms with Gasteiger partial charge in [0.15, 0.2) is 0 Å². The van der Waals surface area contributed by atoms with Crippen LogP contribution in [-0.2, 0) is 0 Å². The Hall–Kier alpha value is -1.26. The second-order valence-corrected chi connectivity index (χ2v) is 3.23. The molecule has 0 unspecified atom stereocenters. The van der Waals surface area contributed by atoms with Gasteiger partial charge in [0.1, 0.15) is 6.17 Å². The Morgan fingerprint density at radius 3 is 1.77 bits per heavy atom. The van der Waals surface area contributed by atoms with Gasteiger partial charge in [-0.2, -0.15) is 0 Å². The normalized spacial score (nSPS) is 20.2. The van der Waals surface area contributed by atoms with Crippen molar-refractivity contribution < 1.29 is 9.59 Å². The lowest BCUT2D eigenvalue weighted by Gasteiger charge is -2.42. The van der Waals surface area contributed by atoms with E-state index in [-0.39, 0.29) is 18.2 Å². The maximum atomic E-state index is 11.5. The number of carbonyl (C=O) groups is 2. The number of hydrogen-bond acceptors (Lipinski definition) is 2. The Balaban J connectivity index is 2.92. The zero-order chi connectivity index (χ0) is 10.2. The highest BCUT2D eigenvalue weighted by Crippen LogP contribution is 2.16. The van der Waals surface area contributed by atoms with Gasteiger partial charge in [0.2, 0.25) is 0 Å². The molecule has 74 valence electrons. The summed E-state index contributed by atoms with van der Waals surface area (Å²) in [6.07, 6.45) is 0.634. The second kappa shape index (κ2) is 3.24. The third-order valence-electron chi connectivity index (χ3n) is 2.44. The van der Waals surface area contributed by atoms with Crippen molar-refractivity contribution in [3.05, 3.63) is 0 Å². The molecule has 0 bridgehead atoms. The smallest absolute Gasteiger partial charge is 0.307 e. The summed E-state index contributed by atoms with van der Waals surface area (Å²) < 4.78 is 0. The van der Waals surface area contributed by atoms with Crippen molar-refractivity contribution >= 4 is 12.1 Å². The molecule has 1 fully saturated rings. The summed E-state index contributed by atoms with van der Waals surface area (Å²) in [6, 6.07) is -0.482. The fraction of sp³-hybridized carbons (Fsp3) is 0.750. The predicted octanol–water partition coefficient (Wildman–Crippen LogP) is 0.772. The Bertz CT molecular complexity index is 220. The molecule has 0 spiro atoms. The van der Waals surface area contributed by atoms with Crippen molar-refractivity contribution in [1.82, 2.24) is 14.7 Å². The average Bonchev–Trinajstić information content (AvgIpc) is 2.13. The molecule has 0 aromatic carbocycles. The maximum Gasteiger partial charge on any atom is 0.329 e. The summed E-state index contributed by atoms with van der Waals surface area (Å²) in [6.45, 7) is 1.95. The number of amides is 4. The highest BCUT2D eigenvalue weighted by atomic mass is 16.2. The van der Waals surface area contributed by atoms with Crippen LogP contribution in [0.3, 0.4) is 0 Å². The molecule has 1 aliphatic rings. The molecule has 1 aliphatic heterocycles. The predicted molar refractivity (Wildman–Crippen MR) is 48.2 cm³/mol. The van der Waals surface area contributed by atoms with E-state index in [1.54, 1.807) is 23.9 Å². The molecule has 5 nitrogen and oxygen atoms in total. The van der Waals surface area contributed by atoms with Crippen LogP contribution in [0.15, 0.2) is 0 Å². The van der Waals surface area contributed by atoms with E-state index in [0.29, 0.717) is 0 Å². The monoisotopic (exact) mass is 185 g/mol. The fourth-order valence-corrected chi connectivity index (χ4v) is 1.62. The molecule has 0 atom stereocenters. The SMILES string of the molecule is CCC1N(C)C(=O)N(C)C(=O)N1C. The van der Waals surface area contributed by atoms with Gasteiger partial charge in [-0.05, 0) is 6.42 Å². The second-order valence-electron chi connectivity index (χ2n) is 3.23. The lowest BCUT2D eigenvalue weighted by atomic mass is 10.3. The fourth-order valence-electron chi connectivity index (χ4n) is 1.62. The summed E-state index contributed by atoms with van der Waals surface area (Å²) in [7, 11) is 4.90.